The van der Waals surface area contributed by atoms with Gasteiger partial charge in [0.2, 0.25) is 0 Å². The zero-order valence-corrected chi connectivity index (χ0v) is 11.9. The minimum atomic E-state index is 0.616. The molecule has 3 rings (SSSR count). The maximum atomic E-state index is 4.25. The first-order valence-electron chi connectivity index (χ1n) is 6.75. The molecular formula is C12H21N5S. The Hall–Kier alpha value is -0.720. The van der Waals surface area contributed by atoms with Crippen LogP contribution in [0.4, 0.5) is 5.00 Å². The molecule has 1 aromatic heterocycles. The summed E-state index contributed by atoms with van der Waals surface area (Å²) in [6.07, 6.45) is 2.72. The molecule has 0 bridgehead atoms. The summed E-state index contributed by atoms with van der Waals surface area (Å²) in [5, 5.41) is 8.54. The summed E-state index contributed by atoms with van der Waals surface area (Å²) in [5.41, 5.74) is 1.10. The Morgan fingerprint density at radius 2 is 2.33 bits per heavy atom. The zero-order chi connectivity index (χ0) is 12.5. The Bertz CT molecular complexity index is 407. The third-order valence-corrected chi connectivity index (χ3v) is 4.99. The SMILES string of the molecule is CNc1snnc1CN1CC2CCCN2CC1C. The molecule has 6 heteroatoms. The van der Waals surface area contributed by atoms with Gasteiger partial charge in [-0.15, -0.1) is 5.10 Å². The van der Waals surface area contributed by atoms with Crippen LogP contribution in [-0.2, 0) is 6.54 Å². The van der Waals surface area contributed by atoms with Crippen LogP contribution in [0.5, 0.6) is 0 Å². The normalized spacial score (nSPS) is 29.4. The molecule has 0 saturated carbocycles. The molecule has 2 fully saturated rings. The molecule has 2 saturated heterocycles. The highest BCUT2D eigenvalue weighted by Crippen LogP contribution is 2.27. The average molecular weight is 267 g/mol. The van der Waals surface area contributed by atoms with Gasteiger partial charge in [-0.2, -0.15) is 0 Å². The van der Waals surface area contributed by atoms with Crippen molar-refractivity contribution >= 4 is 16.5 Å². The second-order valence-corrected chi connectivity index (χ2v) is 6.12. The maximum Gasteiger partial charge on any atom is 0.134 e. The van der Waals surface area contributed by atoms with E-state index in [0.29, 0.717) is 6.04 Å². The predicted molar refractivity (Wildman–Crippen MR) is 73.9 cm³/mol. The summed E-state index contributed by atoms with van der Waals surface area (Å²) in [6.45, 7) is 6.94. The van der Waals surface area contributed by atoms with Gasteiger partial charge < -0.3 is 5.32 Å². The molecule has 100 valence electrons. The largest absolute Gasteiger partial charge is 0.377 e. The summed E-state index contributed by atoms with van der Waals surface area (Å²) >= 11 is 1.45. The monoisotopic (exact) mass is 267 g/mol. The smallest absolute Gasteiger partial charge is 0.134 e. The minimum absolute atomic E-state index is 0.616. The standard InChI is InChI=1S/C12H21N5S/c1-9-6-16-5-3-4-10(16)7-17(9)8-11-12(13-2)18-15-14-11/h9-10,13H,3-8H2,1-2H3. The van der Waals surface area contributed by atoms with Gasteiger partial charge in [-0.3, -0.25) is 9.80 Å². The lowest BCUT2D eigenvalue weighted by atomic mass is 10.1. The van der Waals surface area contributed by atoms with Crippen molar-refractivity contribution in [3.63, 3.8) is 0 Å². The molecule has 0 spiro atoms. The number of nitrogens with zero attached hydrogens (tertiary/aromatic N) is 4. The van der Waals surface area contributed by atoms with Crippen LogP contribution in [0.3, 0.4) is 0 Å². The Morgan fingerprint density at radius 3 is 3.17 bits per heavy atom. The summed E-state index contributed by atoms with van der Waals surface area (Å²) < 4.78 is 4.04. The van der Waals surface area contributed by atoms with Crippen molar-refractivity contribution < 1.29 is 0 Å². The molecule has 0 aromatic carbocycles. The van der Waals surface area contributed by atoms with E-state index in [1.165, 1.54) is 44.0 Å². The molecular weight excluding hydrogens is 246 g/mol. The zero-order valence-electron chi connectivity index (χ0n) is 11.1. The van der Waals surface area contributed by atoms with Crippen LogP contribution in [0, 0.1) is 0 Å². The number of aromatic nitrogens is 2. The lowest BCUT2D eigenvalue weighted by molar-refractivity contribution is 0.0533. The van der Waals surface area contributed by atoms with E-state index in [4.69, 9.17) is 0 Å². The molecule has 2 unspecified atom stereocenters. The van der Waals surface area contributed by atoms with E-state index >= 15 is 0 Å². The van der Waals surface area contributed by atoms with E-state index in [9.17, 15) is 0 Å². The number of anilines is 1. The van der Waals surface area contributed by atoms with Crippen molar-refractivity contribution in [2.24, 2.45) is 0 Å². The molecule has 3 heterocycles. The molecule has 1 aromatic rings. The van der Waals surface area contributed by atoms with E-state index in [1.807, 2.05) is 7.05 Å². The molecule has 0 amide bonds. The summed E-state index contributed by atoms with van der Waals surface area (Å²) in [4.78, 5) is 5.21. The Labute approximate surface area is 112 Å². The van der Waals surface area contributed by atoms with Gasteiger partial charge in [0.05, 0.1) is 0 Å². The molecule has 2 aliphatic heterocycles. The minimum Gasteiger partial charge on any atom is -0.377 e. The average Bonchev–Trinajstić information content (AvgIpc) is 2.98. The van der Waals surface area contributed by atoms with Gasteiger partial charge >= 0.3 is 0 Å². The van der Waals surface area contributed by atoms with Crippen molar-refractivity contribution in [3.05, 3.63) is 5.69 Å². The van der Waals surface area contributed by atoms with E-state index in [0.717, 1.165) is 23.3 Å². The first kappa shape index (κ1) is 12.3. The summed E-state index contributed by atoms with van der Waals surface area (Å²) in [7, 11) is 1.94. The first-order valence-corrected chi connectivity index (χ1v) is 7.52. The van der Waals surface area contributed by atoms with Crippen molar-refractivity contribution in [2.75, 3.05) is 32.0 Å². The van der Waals surface area contributed by atoms with E-state index in [2.05, 4.69) is 31.6 Å². The van der Waals surface area contributed by atoms with Crippen LogP contribution >= 0.6 is 11.5 Å². The van der Waals surface area contributed by atoms with Gasteiger partial charge in [0.15, 0.2) is 0 Å². The van der Waals surface area contributed by atoms with Gasteiger partial charge in [0, 0.05) is 50.3 Å². The fraction of sp³-hybridized carbons (Fsp3) is 0.833. The van der Waals surface area contributed by atoms with Crippen molar-refractivity contribution in [1.82, 2.24) is 19.4 Å². The number of nitrogens with one attached hydrogen (secondary N) is 1. The highest BCUT2D eigenvalue weighted by atomic mass is 32.1. The summed E-state index contributed by atoms with van der Waals surface area (Å²) in [5.74, 6) is 0. The maximum absolute atomic E-state index is 4.25. The van der Waals surface area contributed by atoms with Gasteiger partial charge in [-0.05, 0) is 26.3 Å². The Morgan fingerprint density at radius 1 is 1.44 bits per heavy atom. The van der Waals surface area contributed by atoms with Crippen LogP contribution in [0.25, 0.3) is 0 Å². The number of piperazine rings is 1. The molecule has 0 aliphatic carbocycles. The topological polar surface area (TPSA) is 44.3 Å². The van der Waals surface area contributed by atoms with Crippen LogP contribution in [0.15, 0.2) is 0 Å². The van der Waals surface area contributed by atoms with Crippen molar-refractivity contribution in [3.8, 4) is 0 Å². The number of rotatable bonds is 3. The van der Waals surface area contributed by atoms with Crippen LogP contribution in [0.2, 0.25) is 0 Å². The fourth-order valence-corrected chi connectivity index (χ4v) is 3.69. The molecule has 18 heavy (non-hydrogen) atoms. The molecule has 5 nitrogen and oxygen atoms in total. The number of hydrogen-bond donors (Lipinski definition) is 1. The van der Waals surface area contributed by atoms with Crippen molar-refractivity contribution in [1.29, 1.82) is 0 Å². The third kappa shape index (κ3) is 2.24. The van der Waals surface area contributed by atoms with Gasteiger partial charge in [-0.25, -0.2) is 0 Å². The third-order valence-electron chi connectivity index (χ3n) is 4.20. The van der Waals surface area contributed by atoms with Crippen molar-refractivity contribution in [2.45, 2.75) is 38.4 Å². The van der Waals surface area contributed by atoms with E-state index in [-0.39, 0.29) is 0 Å². The molecule has 2 aliphatic rings. The number of fused-ring (bicyclic) bond motifs is 1. The Balaban J connectivity index is 1.68. The summed E-state index contributed by atoms with van der Waals surface area (Å²) in [6, 6.07) is 1.39. The van der Waals surface area contributed by atoms with Crippen LogP contribution in [0.1, 0.15) is 25.5 Å². The van der Waals surface area contributed by atoms with Gasteiger partial charge in [-0.1, -0.05) is 4.49 Å². The second-order valence-electron chi connectivity index (χ2n) is 5.37. The lowest BCUT2D eigenvalue weighted by Crippen LogP contribution is -2.54. The number of hydrogen-bond acceptors (Lipinski definition) is 6. The highest BCUT2D eigenvalue weighted by Gasteiger charge is 2.34. The van der Waals surface area contributed by atoms with Gasteiger partial charge in [0.25, 0.3) is 0 Å². The second kappa shape index (κ2) is 5.11. The van der Waals surface area contributed by atoms with E-state index < -0.39 is 0 Å². The predicted octanol–water partition coefficient (Wildman–Crippen LogP) is 1.25. The molecule has 2 atom stereocenters. The van der Waals surface area contributed by atoms with E-state index in [1.54, 1.807) is 0 Å². The molecule has 0 radical (unpaired) electrons. The quantitative estimate of drug-likeness (QED) is 0.893. The highest BCUT2D eigenvalue weighted by molar-refractivity contribution is 7.10. The van der Waals surface area contributed by atoms with Crippen LogP contribution < -0.4 is 5.32 Å². The van der Waals surface area contributed by atoms with Crippen LogP contribution in [-0.4, -0.2) is 58.2 Å². The molecule has 1 N–H and O–H groups in total. The van der Waals surface area contributed by atoms with Gasteiger partial charge in [0.1, 0.15) is 10.7 Å². The fourth-order valence-electron chi connectivity index (χ4n) is 3.16. The lowest BCUT2D eigenvalue weighted by Gasteiger charge is -2.42. The first-order chi connectivity index (χ1) is 8.78. The Kier molecular flexibility index (Phi) is 3.50.